The van der Waals surface area contributed by atoms with Crippen molar-refractivity contribution in [3.8, 4) is 0 Å². The van der Waals surface area contributed by atoms with Gasteiger partial charge in [0, 0.05) is 17.8 Å². The van der Waals surface area contributed by atoms with Crippen molar-refractivity contribution < 1.29 is 13.2 Å². The van der Waals surface area contributed by atoms with E-state index in [-0.39, 0.29) is 5.56 Å². The van der Waals surface area contributed by atoms with Crippen molar-refractivity contribution in [1.29, 1.82) is 0 Å². The van der Waals surface area contributed by atoms with Crippen LogP contribution in [0.5, 0.6) is 0 Å². The number of hydrogen-bond donors (Lipinski definition) is 1. The van der Waals surface area contributed by atoms with E-state index in [0.717, 1.165) is 10.6 Å². The van der Waals surface area contributed by atoms with E-state index in [4.69, 9.17) is 11.6 Å². The predicted octanol–water partition coefficient (Wildman–Crippen LogP) is 2.99. The van der Waals surface area contributed by atoms with Crippen LogP contribution >= 0.6 is 11.6 Å². The maximum absolute atomic E-state index is 12.4. The van der Waals surface area contributed by atoms with Crippen LogP contribution in [0.4, 0.5) is 11.4 Å². The fourth-order valence-corrected chi connectivity index (χ4v) is 2.59. The highest BCUT2D eigenvalue weighted by atomic mass is 35.5. The number of anilines is 2. The van der Waals surface area contributed by atoms with E-state index < -0.39 is 15.9 Å². The average molecular weight is 339 g/mol. The summed E-state index contributed by atoms with van der Waals surface area (Å²) in [6.07, 6.45) is 1.08. The highest BCUT2D eigenvalue weighted by molar-refractivity contribution is 7.92. The molecule has 2 rings (SSSR count). The number of carbonyl (C=O) groups is 1. The van der Waals surface area contributed by atoms with Crippen molar-refractivity contribution in [3.63, 3.8) is 0 Å². The summed E-state index contributed by atoms with van der Waals surface area (Å²) in [4.78, 5) is 12.4. The largest absolute Gasteiger partial charge is 0.322 e. The minimum atomic E-state index is -3.46. The first-order valence-corrected chi connectivity index (χ1v) is 8.61. The van der Waals surface area contributed by atoms with Gasteiger partial charge in [-0.2, -0.15) is 0 Å². The summed E-state index contributed by atoms with van der Waals surface area (Å²) in [5.74, 6) is -0.409. The molecule has 0 saturated carbocycles. The van der Waals surface area contributed by atoms with E-state index in [2.05, 4.69) is 5.32 Å². The Morgan fingerprint density at radius 3 is 2.45 bits per heavy atom. The molecule has 0 saturated heterocycles. The second kappa shape index (κ2) is 6.37. The molecule has 0 fully saturated rings. The van der Waals surface area contributed by atoms with E-state index in [0.29, 0.717) is 16.4 Å². The van der Waals surface area contributed by atoms with Gasteiger partial charge in [-0.15, -0.1) is 0 Å². The van der Waals surface area contributed by atoms with Crippen molar-refractivity contribution >= 4 is 38.9 Å². The molecule has 1 N–H and O–H groups in total. The van der Waals surface area contributed by atoms with Gasteiger partial charge >= 0.3 is 0 Å². The number of carbonyl (C=O) groups excluding carboxylic acids is 1. The number of nitrogens with zero attached hydrogens (tertiary/aromatic N) is 1. The molecule has 2 aromatic carbocycles. The molecule has 1 amide bonds. The van der Waals surface area contributed by atoms with E-state index in [1.54, 1.807) is 48.5 Å². The molecule has 0 aliphatic carbocycles. The molecule has 0 atom stereocenters. The Balaban J connectivity index is 2.35. The predicted molar refractivity (Wildman–Crippen MR) is 89.1 cm³/mol. The fourth-order valence-electron chi connectivity index (χ4n) is 1.88. The van der Waals surface area contributed by atoms with Crippen LogP contribution in [-0.4, -0.2) is 27.6 Å². The molecular weight excluding hydrogens is 324 g/mol. The Hall–Kier alpha value is -2.05. The third kappa shape index (κ3) is 3.78. The summed E-state index contributed by atoms with van der Waals surface area (Å²) in [5.41, 5.74) is 1.11. The standard InChI is InChI=1S/C15H15ClN2O3S/c1-18(22(2,20)21)14-9-4-3-8-13(14)15(19)17-12-7-5-6-11(16)10-12/h3-10H,1-2H3,(H,17,19). The van der Waals surface area contributed by atoms with Crippen LogP contribution in [0.2, 0.25) is 5.02 Å². The molecular formula is C15H15ClN2O3S. The Morgan fingerprint density at radius 1 is 1.14 bits per heavy atom. The first-order chi connectivity index (χ1) is 10.3. The number of benzene rings is 2. The van der Waals surface area contributed by atoms with Crippen molar-refractivity contribution in [2.45, 2.75) is 0 Å². The lowest BCUT2D eigenvalue weighted by molar-refractivity contribution is 0.102. The van der Waals surface area contributed by atoms with Gasteiger partial charge in [0.2, 0.25) is 10.0 Å². The van der Waals surface area contributed by atoms with Crippen LogP contribution in [0.1, 0.15) is 10.4 Å². The normalized spacial score (nSPS) is 11.0. The van der Waals surface area contributed by atoms with Crippen molar-refractivity contribution in [1.82, 2.24) is 0 Å². The average Bonchev–Trinajstić information content (AvgIpc) is 2.45. The second-order valence-corrected chi connectivity index (χ2v) is 7.16. The minimum absolute atomic E-state index is 0.260. The van der Waals surface area contributed by atoms with Gasteiger partial charge in [0.15, 0.2) is 0 Å². The van der Waals surface area contributed by atoms with Gasteiger partial charge in [0.25, 0.3) is 5.91 Å². The molecule has 0 spiro atoms. The molecule has 116 valence electrons. The van der Waals surface area contributed by atoms with Crippen LogP contribution in [0.15, 0.2) is 48.5 Å². The van der Waals surface area contributed by atoms with Gasteiger partial charge in [-0.1, -0.05) is 29.8 Å². The van der Waals surface area contributed by atoms with Gasteiger partial charge in [0.05, 0.1) is 17.5 Å². The van der Waals surface area contributed by atoms with Crippen LogP contribution in [-0.2, 0) is 10.0 Å². The third-order valence-corrected chi connectivity index (χ3v) is 4.49. The van der Waals surface area contributed by atoms with Crippen LogP contribution in [0.3, 0.4) is 0 Å². The lowest BCUT2D eigenvalue weighted by Crippen LogP contribution is -2.27. The molecule has 0 bridgehead atoms. The maximum atomic E-state index is 12.4. The van der Waals surface area contributed by atoms with Crippen LogP contribution in [0.25, 0.3) is 0 Å². The number of halogens is 1. The summed E-state index contributed by atoms with van der Waals surface area (Å²) >= 11 is 5.88. The molecule has 2 aromatic rings. The number of hydrogen-bond acceptors (Lipinski definition) is 3. The molecule has 5 nitrogen and oxygen atoms in total. The van der Waals surface area contributed by atoms with Crippen LogP contribution < -0.4 is 9.62 Å². The molecule has 0 aromatic heterocycles. The SMILES string of the molecule is CN(c1ccccc1C(=O)Nc1cccc(Cl)c1)S(C)(=O)=O. The number of para-hydroxylation sites is 1. The first-order valence-electron chi connectivity index (χ1n) is 6.39. The number of sulfonamides is 1. The van der Waals surface area contributed by atoms with Gasteiger partial charge in [-0.3, -0.25) is 9.10 Å². The van der Waals surface area contributed by atoms with Gasteiger partial charge in [-0.05, 0) is 30.3 Å². The van der Waals surface area contributed by atoms with E-state index in [1.807, 2.05) is 0 Å². The fraction of sp³-hybridized carbons (Fsp3) is 0.133. The zero-order valence-electron chi connectivity index (χ0n) is 12.1. The highest BCUT2D eigenvalue weighted by Gasteiger charge is 2.19. The third-order valence-electron chi connectivity index (χ3n) is 3.07. The van der Waals surface area contributed by atoms with E-state index in [1.165, 1.54) is 7.05 Å². The molecule has 0 heterocycles. The van der Waals surface area contributed by atoms with E-state index in [9.17, 15) is 13.2 Å². The first kappa shape index (κ1) is 16.3. The summed E-state index contributed by atoms with van der Waals surface area (Å²) in [6.45, 7) is 0. The lowest BCUT2D eigenvalue weighted by atomic mass is 10.1. The van der Waals surface area contributed by atoms with Crippen molar-refractivity contribution in [2.75, 3.05) is 22.9 Å². The smallest absolute Gasteiger partial charge is 0.257 e. The zero-order valence-corrected chi connectivity index (χ0v) is 13.6. The van der Waals surface area contributed by atoms with Gasteiger partial charge in [-0.25, -0.2) is 8.42 Å². The number of amides is 1. The molecule has 0 aliphatic heterocycles. The molecule has 7 heteroatoms. The monoisotopic (exact) mass is 338 g/mol. The second-order valence-electron chi connectivity index (χ2n) is 4.71. The minimum Gasteiger partial charge on any atom is -0.322 e. The van der Waals surface area contributed by atoms with Crippen molar-refractivity contribution in [3.05, 3.63) is 59.1 Å². The molecule has 22 heavy (non-hydrogen) atoms. The van der Waals surface area contributed by atoms with E-state index >= 15 is 0 Å². The van der Waals surface area contributed by atoms with Gasteiger partial charge < -0.3 is 5.32 Å². The Labute approximate surface area is 134 Å². The Morgan fingerprint density at radius 2 is 1.82 bits per heavy atom. The summed E-state index contributed by atoms with van der Waals surface area (Å²) < 4.78 is 24.4. The Kier molecular flexibility index (Phi) is 4.73. The topological polar surface area (TPSA) is 66.5 Å². The highest BCUT2D eigenvalue weighted by Crippen LogP contribution is 2.23. The number of nitrogens with one attached hydrogen (secondary N) is 1. The molecule has 0 aliphatic rings. The summed E-state index contributed by atoms with van der Waals surface area (Å²) in [6, 6.07) is 13.2. The Bertz CT molecular complexity index is 806. The zero-order chi connectivity index (χ0) is 16.3. The summed E-state index contributed by atoms with van der Waals surface area (Å²) in [5, 5.41) is 3.20. The van der Waals surface area contributed by atoms with Crippen LogP contribution in [0, 0.1) is 0 Å². The molecule has 0 unspecified atom stereocenters. The maximum Gasteiger partial charge on any atom is 0.257 e. The number of rotatable bonds is 4. The summed E-state index contributed by atoms with van der Waals surface area (Å²) in [7, 11) is -2.06. The lowest BCUT2D eigenvalue weighted by Gasteiger charge is -2.19. The van der Waals surface area contributed by atoms with Gasteiger partial charge in [0.1, 0.15) is 0 Å². The van der Waals surface area contributed by atoms with Crippen molar-refractivity contribution in [2.24, 2.45) is 0 Å². The molecule has 0 radical (unpaired) electrons. The quantitative estimate of drug-likeness (QED) is 0.932.